The molecule has 0 aliphatic heterocycles. The van der Waals surface area contributed by atoms with Gasteiger partial charge >= 0.3 is 0 Å². The van der Waals surface area contributed by atoms with Crippen LogP contribution in [0.1, 0.15) is 26.0 Å². The first-order valence-corrected chi connectivity index (χ1v) is 8.04. The van der Waals surface area contributed by atoms with Gasteiger partial charge in [0.15, 0.2) is 5.82 Å². The van der Waals surface area contributed by atoms with Crippen molar-refractivity contribution in [3.8, 4) is 11.5 Å². The highest BCUT2D eigenvalue weighted by atomic mass is 127. The molecule has 1 N–H and O–H groups in total. The minimum Gasteiger partial charge on any atom is -0.369 e. The van der Waals surface area contributed by atoms with E-state index in [1.54, 1.807) is 18.3 Å². The summed E-state index contributed by atoms with van der Waals surface area (Å²) in [5.41, 5.74) is 1.63. The van der Waals surface area contributed by atoms with E-state index < -0.39 is 0 Å². The molecule has 2 aromatic heterocycles. The van der Waals surface area contributed by atoms with E-state index >= 15 is 0 Å². The number of nitrogens with zero attached hydrogens (tertiary/aromatic N) is 3. The summed E-state index contributed by atoms with van der Waals surface area (Å²) in [6.45, 7) is 5.09. The molecule has 2 rings (SSSR count). The fourth-order valence-electron chi connectivity index (χ4n) is 1.74. The highest BCUT2D eigenvalue weighted by molar-refractivity contribution is 14.1. The Morgan fingerprint density at radius 1 is 1.30 bits per heavy atom. The van der Waals surface area contributed by atoms with E-state index in [1.165, 1.54) is 0 Å². The van der Waals surface area contributed by atoms with Crippen LogP contribution >= 0.6 is 34.2 Å². The zero-order chi connectivity index (χ0) is 14.5. The van der Waals surface area contributed by atoms with E-state index in [0.29, 0.717) is 16.5 Å². The first kappa shape index (κ1) is 15.4. The maximum absolute atomic E-state index is 6.19. The summed E-state index contributed by atoms with van der Waals surface area (Å²) in [7, 11) is 0. The number of hydrogen-bond donors (Lipinski definition) is 1. The lowest BCUT2D eigenvalue weighted by Crippen LogP contribution is -2.09. The molecule has 0 fully saturated rings. The molecule has 6 heteroatoms. The Morgan fingerprint density at radius 3 is 2.75 bits per heavy atom. The second kappa shape index (κ2) is 7.17. The lowest BCUT2D eigenvalue weighted by Gasteiger charge is -2.12. The van der Waals surface area contributed by atoms with Gasteiger partial charge in [-0.3, -0.25) is 4.98 Å². The summed E-state index contributed by atoms with van der Waals surface area (Å²) in [6, 6.07) is 3.60. The van der Waals surface area contributed by atoms with Gasteiger partial charge in [0, 0.05) is 12.7 Å². The third-order valence-corrected chi connectivity index (χ3v) is 4.21. The van der Waals surface area contributed by atoms with Crippen molar-refractivity contribution < 1.29 is 0 Å². The van der Waals surface area contributed by atoms with Crippen molar-refractivity contribution in [1.82, 2.24) is 15.0 Å². The van der Waals surface area contributed by atoms with Gasteiger partial charge < -0.3 is 5.32 Å². The Hall–Kier alpha value is -0.950. The maximum atomic E-state index is 6.19. The van der Waals surface area contributed by atoms with Gasteiger partial charge in [-0.25, -0.2) is 9.97 Å². The Morgan fingerprint density at radius 2 is 2.10 bits per heavy atom. The molecule has 0 radical (unpaired) electrons. The van der Waals surface area contributed by atoms with Crippen LogP contribution < -0.4 is 5.32 Å². The smallest absolute Gasteiger partial charge is 0.182 e. The highest BCUT2D eigenvalue weighted by Gasteiger charge is 2.14. The van der Waals surface area contributed by atoms with E-state index in [-0.39, 0.29) is 0 Å². The molecule has 106 valence electrons. The van der Waals surface area contributed by atoms with E-state index in [0.717, 1.165) is 34.5 Å². The summed E-state index contributed by atoms with van der Waals surface area (Å²) < 4.78 is 1.06. The van der Waals surface area contributed by atoms with Crippen LogP contribution in [0, 0.1) is 3.57 Å². The van der Waals surface area contributed by atoms with Crippen LogP contribution in [0.5, 0.6) is 0 Å². The van der Waals surface area contributed by atoms with Gasteiger partial charge in [0.2, 0.25) is 0 Å². The molecule has 2 heterocycles. The Balaban J connectivity index is 2.51. The number of pyridine rings is 1. The van der Waals surface area contributed by atoms with E-state index in [9.17, 15) is 0 Å². The standard InChI is InChI=1S/C14H16ClIN4/c1-3-7-18-13-11(16)10(4-2)19-14(20-13)12-9(15)6-5-8-17-12/h5-6,8H,3-4,7H2,1-2H3,(H,18,19,20). The molecule has 4 nitrogen and oxygen atoms in total. The zero-order valence-corrected chi connectivity index (χ0v) is 14.4. The lowest BCUT2D eigenvalue weighted by atomic mass is 10.2. The second-order valence-corrected chi connectivity index (χ2v) is 5.76. The first-order valence-electron chi connectivity index (χ1n) is 6.58. The SMILES string of the molecule is CCCNc1nc(-c2ncccc2Cl)nc(CC)c1I. The second-order valence-electron chi connectivity index (χ2n) is 4.27. The molecule has 0 aliphatic carbocycles. The molecule has 0 atom stereocenters. The van der Waals surface area contributed by atoms with Gasteiger partial charge in [-0.05, 0) is 47.6 Å². The van der Waals surface area contributed by atoms with Crippen LogP contribution in [0.15, 0.2) is 18.3 Å². The number of aromatic nitrogens is 3. The molecule has 0 aromatic carbocycles. The molecule has 0 saturated carbocycles. The number of halogens is 2. The van der Waals surface area contributed by atoms with Gasteiger partial charge in [-0.1, -0.05) is 25.4 Å². The molecule has 0 amide bonds. The minimum atomic E-state index is 0.567. The monoisotopic (exact) mass is 402 g/mol. The molecule has 0 aliphatic rings. The van der Waals surface area contributed by atoms with Crippen molar-refractivity contribution in [3.05, 3.63) is 32.6 Å². The minimum absolute atomic E-state index is 0.567. The van der Waals surface area contributed by atoms with Gasteiger partial charge in [0.05, 0.1) is 14.3 Å². The van der Waals surface area contributed by atoms with Crippen LogP contribution in [-0.2, 0) is 6.42 Å². The van der Waals surface area contributed by atoms with Crippen molar-refractivity contribution in [2.75, 3.05) is 11.9 Å². The number of hydrogen-bond acceptors (Lipinski definition) is 4. The van der Waals surface area contributed by atoms with Crippen LogP contribution in [0.4, 0.5) is 5.82 Å². The average Bonchev–Trinajstić information content (AvgIpc) is 2.47. The predicted octanol–water partition coefficient (Wildman–Crippen LogP) is 4.18. The average molecular weight is 403 g/mol. The quantitative estimate of drug-likeness (QED) is 0.762. The summed E-state index contributed by atoms with van der Waals surface area (Å²) in [4.78, 5) is 13.4. The normalized spacial score (nSPS) is 10.6. The molecule has 0 saturated heterocycles. The van der Waals surface area contributed by atoms with Crippen LogP contribution in [-0.4, -0.2) is 21.5 Å². The fraction of sp³-hybridized carbons (Fsp3) is 0.357. The topological polar surface area (TPSA) is 50.7 Å². The third-order valence-electron chi connectivity index (χ3n) is 2.77. The number of aryl methyl sites for hydroxylation is 1. The fourth-order valence-corrected chi connectivity index (χ4v) is 2.76. The largest absolute Gasteiger partial charge is 0.369 e. The third kappa shape index (κ3) is 3.38. The molecule has 0 unspecified atom stereocenters. The molecular weight excluding hydrogens is 387 g/mol. The summed E-state index contributed by atoms with van der Waals surface area (Å²) in [6.07, 6.45) is 3.59. The Kier molecular flexibility index (Phi) is 5.54. The summed E-state index contributed by atoms with van der Waals surface area (Å²) >= 11 is 8.47. The molecule has 2 aromatic rings. The lowest BCUT2D eigenvalue weighted by molar-refractivity contribution is 0.940. The molecule has 0 bridgehead atoms. The first-order chi connectivity index (χ1) is 9.67. The van der Waals surface area contributed by atoms with E-state index in [4.69, 9.17) is 11.6 Å². The molecule has 0 spiro atoms. The molecular formula is C14H16ClIN4. The van der Waals surface area contributed by atoms with Crippen molar-refractivity contribution in [2.45, 2.75) is 26.7 Å². The van der Waals surface area contributed by atoms with Crippen molar-refractivity contribution in [2.24, 2.45) is 0 Å². The summed E-state index contributed by atoms with van der Waals surface area (Å²) in [5.74, 6) is 1.43. The Labute approximate surface area is 137 Å². The number of rotatable bonds is 5. The predicted molar refractivity (Wildman–Crippen MR) is 91.1 cm³/mol. The zero-order valence-electron chi connectivity index (χ0n) is 11.5. The van der Waals surface area contributed by atoms with E-state index in [2.05, 4.69) is 56.7 Å². The van der Waals surface area contributed by atoms with Gasteiger partial charge in [0.1, 0.15) is 11.5 Å². The van der Waals surface area contributed by atoms with Crippen molar-refractivity contribution in [1.29, 1.82) is 0 Å². The van der Waals surface area contributed by atoms with Crippen LogP contribution in [0.2, 0.25) is 5.02 Å². The van der Waals surface area contributed by atoms with Gasteiger partial charge in [-0.15, -0.1) is 0 Å². The summed E-state index contributed by atoms with van der Waals surface area (Å²) in [5, 5.41) is 3.90. The van der Waals surface area contributed by atoms with Crippen LogP contribution in [0.3, 0.4) is 0 Å². The number of anilines is 1. The Bertz CT molecular complexity index is 604. The molecule has 20 heavy (non-hydrogen) atoms. The van der Waals surface area contributed by atoms with Crippen molar-refractivity contribution in [3.63, 3.8) is 0 Å². The van der Waals surface area contributed by atoms with Gasteiger partial charge in [0.25, 0.3) is 0 Å². The number of nitrogens with one attached hydrogen (secondary N) is 1. The van der Waals surface area contributed by atoms with Gasteiger partial charge in [-0.2, -0.15) is 0 Å². The van der Waals surface area contributed by atoms with Crippen molar-refractivity contribution >= 4 is 40.0 Å². The van der Waals surface area contributed by atoms with E-state index in [1.807, 2.05) is 0 Å². The highest BCUT2D eigenvalue weighted by Crippen LogP contribution is 2.27. The maximum Gasteiger partial charge on any atom is 0.182 e. The van der Waals surface area contributed by atoms with Crippen LogP contribution in [0.25, 0.3) is 11.5 Å².